The zero-order chi connectivity index (χ0) is 21.1. The smallest absolute Gasteiger partial charge is 0.282 e. The largest absolute Gasteiger partial charge is 0.343 e. The molecule has 4 heteroatoms. The Bertz CT molecular complexity index is 1120. The van der Waals surface area contributed by atoms with Crippen LogP contribution < -0.4 is 9.91 Å². The highest BCUT2D eigenvalue weighted by Gasteiger charge is 2.29. The number of hydrogen-bond donors (Lipinski definition) is 0. The number of benzene rings is 3. The fourth-order valence-corrected chi connectivity index (χ4v) is 3.47. The topological polar surface area (TPSA) is 35.9 Å². The molecule has 30 heavy (non-hydrogen) atoms. The molecular formula is C26H25N3O. The number of carbonyl (C=O) groups is 1. The zero-order valence-corrected chi connectivity index (χ0v) is 17.5. The van der Waals surface area contributed by atoms with E-state index in [4.69, 9.17) is 0 Å². The van der Waals surface area contributed by atoms with Gasteiger partial charge in [0, 0.05) is 18.4 Å². The van der Waals surface area contributed by atoms with Crippen LogP contribution in [0.15, 0.2) is 95.7 Å². The highest BCUT2D eigenvalue weighted by atomic mass is 16.2. The molecule has 150 valence electrons. The number of nitrogens with zero attached hydrogens (tertiary/aromatic N) is 3. The van der Waals surface area contributed by atoms with E-state index in [1.54, 1.807) is 0 Å². The van der Waals surface area contributed by atoms with Gasteiger partial charge in [-0.25, -0.2) is 0 Å². The first kappa shape index (κ1) is 19.6. The molecule has 0 atom stereocenters. The molecule has 1 aliphatic heterocycles. The minimum absolute atomic E-state index is 0.107. The van der Waals surface area contributed by atoms with Crippen molar-refractivity contribution in [2.75, 3.05) is 9.91 Å². The van der Waals surface area contributed by atoms with Crippen molar-refractivity contribution in [1.82, 2.24) is 0 Å². The van der Waals surface area contributed by atoms with Gasteiger partial charge >= 0.3 is 0 Å². The molecule has 0 spiro atoms. The molecule has 1 heterocycles. The Morgan fingerprint density at radius 2 is 1.53 bits per heavy atom. The minimum Gasteiger partial charge on any atom is -0.343 e. The number of aryl methyl sites for hydroxylation is 2. The number of hydrogen-bond acceptors (Lipinski definition) is 3. The van der Waals surface area contributed by atoms with Crippen molar-refractivity contribution >= 4 is 23.0 Å². The molecule has 3 aromatic rings. The molecule has 1 amide bonds. The van der Waals surface area contributed by atoms with E-state index in [1.807, 2.05) is 86.8 Å². The lowest BCUT2D eigenvalue weighted by Gasteiger charge is -2.22. The number of hydrazone groups is 1. The minimum atomic E-state index is -0.107. The van der Waals surface area contributed by atoms with Crippen molar-refractivity contribution in [3.8, 4) is 0 Å². The van der Waals surface area contributed by atoms with E-state index >= 15 is 0 Å². The molecule has 4 nitrogen and oxygen atoms in total. The van der Waals surface area contributed by atoms with E-state index in [0.717, 1.165) is 16.9 Å². The van der Waals surface area contributed by atoms with Crippen LogP contribution in [0.4, 0.5) is 11.4 Å². The van der Waals surface area contributed by atoms with Crippen molar-refractivity contribution in [3.05, 3.63) is 107 Å². The molecule has 4 rings (SSSR count). The standard InChI is InChI=1S/C26H25N3O/c1-19-14-15-24(16-20(19)2)29-26(30)25(21(3)27-29)18-28(23-12-8-5-9-13-23)17-22-10-6-4-7-11-22/h4-16,18H,17H2,1-3H3. The quantitative estimate of drug-likeness (QED) is 0.526. The van der Waals surface area contributed by atoms with Crippen molar-refractivity contribution in [2.24, 2.45) is 5.10 Å². The number of carbonyl (C=O) groups excluding carboxylic acids is 1. The second-order valence-corrected chi connectivity index (χ2v) is 7.56. The summed E-state index contributed by atoms with van der Waals surface area (Å²) in [6, 6.07) is 26.3. The van der Waals surface area contributed by atoms with Crippen molar-refractivity contribution < 1.29 is 4.79 Å². The molecule has 0 N–H and O–H groups in total. The van der Waals surface area contributed by atoms with E-state index in [0.29, 0.717) is 17.8 Å². The van der Waals surface area contributed by atoms with E-state index in [-0.39, 0.29) is 5.91 Å². The van der Waals surface area contributed by atoms with Gasteiger partial charge in [-0.1, -0.05) is 54.6 Å². The lowest BCUT2D eigenvalue weighted by Crippen LogP contribution is -2.24. The van der Waals surface area contributed by atoms with Gasteiger partial charge in [0.2, 0.25) is 0 Å². The molecule has 0 fully saturated rings. The van der Waals surface area contributed by atoms with Crippen LogP contribution in [0.1, 0.15) is 23.6 Å². The van der Waals surface area contributed by atoms with Gasteiger partial charge < -0.3 is 4.90 Å². The fourth-order valence-electron chi connectivity index (χ4n) is 3.47. The molecule has 0 unspecified atom stereocenters. The summed E-state index contributed by atoms with van der Waals surface area (Å²) < 4.78 is 0. The predicted octanol–water partition coefficient (Wildman–Crippen LogP) is 5.62. The average Bonchev–Trinajstić information content (AvgIpc) is 3.05. The molecule has 0 aromatic heterocycles. The summed E-state index contributed by atoms with van der Waals surface area (Å²) in [5.74, 6) is -0.107. The number of anilines is 2. The maximum absolute atomic E-state index is 13.2. The second kappa shape index (κ2) is 8.37. The molecule has 0 radical (unpaired) electrons. The highest BCUT2D eigenvalue weighted by Crippen LogP contribution is 2.27. The van der Waals surface area contributed by atoms with Gasteiger partial charge in [0.1, 0.15) is 0 Å². The van der Waals surface area contributed by atoms with Crippen LogP contribution in [0.5, 0.6) is 0 Å². The van der Waals surface area contributed by atoms with Crippen molar-refractivity contribution in [2.45, 2.75) is 27.3 Å². The molecule has 0 aliphatic carbocycles. The predicted molar refractivity (Wildman–Crippen MR) is 124 cm³/mol. The van der Waals surface area contributed by atoms with Crippen LogP contribution in [-0.2, 0) is 11.3 Å². The van der Waals surface area contributed by atoms with Crippen LogP contribution in [0.2, 0.25) is 0 Å². The van der Waals surface area contributed by atoms with E-state index in [9.17, 15) is 4.79 Å². The number of rotatable bonds is 5. The first-order valence-corrected chi connectivity index (χ1v) is 10.1. The first-order valence-electron chi connectivity index (χ1n) is 10.1. The summed E-state index contributed by atoms with van der Waals surface area (Å²) >= 11 is 0. The highest BCUT2D eigenvalue weighted by molar-refractivity contribution is 6.29. The van der Waals surface area contributed by atoms with Gasteiger partial charge in [0.05, 0.1) is 17.0 Å². The van der Waals surface area contributed by atoms with E-state index in [2.05, 4.69) is 29.1 Å². The molecule has 0 saturated heterocycles. The average molecular weight is 396 g/mol. The fraction of sp³-hybridized carbons (Fsp3) is 0.154. The zero-order valence-electron chi connectivity index (χ0n) is 17.5. The summed E-state index contributed by atoms with van der Waals surface area (Å²) in [4.78, 5) is 15.4. The lowest BCUT2D eigenvalue weighted by molar-refractivity contribution is -0.114. The van der Waals surface area contributed by atoms with E-state index < -0.39 is 0 Å². The molecule has 0 bridgehead atoms. The summed E-state index contributed by atoms with van der Waals surface area (Å²) in [7, 11) is 0. The van der Waals surface area contributed by atoms with E-state index in [1.165, 1.54) is 16.1 Å². The Balaban J connectivity index is 1.68. The second-order valence-electron chi connectivity index (χ2n) is 7.56. The van der Waals surface area contributed by atoms with Crippen LogP contribution in [-0.4, -0.2) is 11.6 Å². The Hall–Kier alpha value is -3.66. The Kier molecular flexibility index (Phi) is 5.48. The van der Waals surface area contributed by atoms with Crippen molar-refractivity contribution in [3.63, 3.8) is 0 Å². The summed E-state index contributed by atoms with van der Waals surface area (Å²) in [6.45, 7) is 6.66. The van der Waals surface area contributed by atoms with Gasteiger partial charge in [-0.3, -0.25) is 4.79 Å². The normalized spacial score (nSPS) is 14.9. The SMILES string of the molecule is CC1=NN(c2ccc(C)c(C)c2)C(=O)C1=CN(Cc1ccccc1)c1ccccc1. The third-order valence-corrected chi connectivity index (χ3v) is 5.37. The summed E-state index contributed by atoms with van der Waals surface area (Å²) in [6.07, 6.45) is 1.92. The molecule has 0 saturated carbocycles. The Morgan fingerprint density at radius 1 is 0.867 bits per heavy atom. The summed E-state index contributed by atoms with van der Waals surface area (Å²) in [5.41, 5.74) is 6.64. The van der Waals surface area contributed by atoms with Crippen LogP contribution in [0.25, 0.3) is 0 Å². The van der Waals surface area contributed by atoms with Gasteiger partial charge in [0.15, 0.2) is 0 Å². The third-order valence-electron chi connectivity index (χ3n) is 5.37. The maximum atomic E-state index is 13.2. The first-order chi connectivity index (χ1) is 14.5. The van der Waals surface area contributed by atoms with Crippen molar-refractivity contribution in [1.29, 1.82) is 0 Å². The van der Waals surface area contributed by atoms with Gasteiger partial charge in [-0.15, -0.1) is 0 Å². The molecular weight excluding hydrogens is 370 g/mol. The van der Waals surface area contributed by atoms with Crippen LogP contribution in [0, 0.1) is 13.8 Å². The number of amides is 1. The summed E-state index contributed by atoms with van der Waals surface area (Å²) in [5, 5.41) is 6.05. The maximum Gasteiger partial charge on any atom is 0.282 e. The lowest BCUT2D eigenvalue weighted by atomic mass is 10.1. The van der Waals surface area contributed by atoms with Crippen LogP contribution in [0.3, 0.4) is 0 Å². The third kappa shape index (κ3) is 4.03. The van der Waals surface area contributed by atoms with Gasteiger partial charge in [-0.2, -0.15) is 10.1 Å². The molecule has 1 aliphatic rings. The number of para-hydroxylation sites is 1. The Labute approximate surface area is 177 Å². The van der Waals surface area contributed by atoms with Gasteiger partial charge in [-0.05, 0) is 61.7 Å². The Morgan fingerprint density at radius 3 is 2.20 bits per heavy atom. The monoisotopic (exact) mass is 395 g/mol. The molecule has 3 aromatic carbocycles. The van der Waals surface area contributed by atoms with Crippen LogP contribution >= 0.6 is 0 Å². The van der Waals surface area contributed by atoms with Gasteiger partial charge in [0.25, 0.3) is 5.91 Å².